The van der Waals surface area contributed by atoms with Gasteiger partial charge in [-0.05, 0) is 62.2 Å². The molecule has 0 amide bonds. The van der Waals surface area contributed by atoms with Crippen molar-refractivity contribution >= 4 is 29.9 Å². The van der Waals surface area contributed by atoms with E-state index in [1.807, 2.05) is 56.4 Å². The maximum Gasteiger partial charge on any atom is 0.191 e. The van der Waals surface area contributed by atoms with Gasteiger partial charge in [0.15, 0.2) is 11.8 Å². The van der Waals surface area contributed by atoms with E-state index < -0.39 is 0 Å². The van der Waals surface area contributed by atoms with Gasteiger partial charge in [-0.3, -0.25) is 0 Å². The van der Waals surface area contributed by atoms with Gasteiger partial charge in [0, 0.05) is 25.1 Å². The molecule has 0 spiro atoms. The SMILES string of the molecule is CCNC(=NCc1ccnc(-n2cccn2)c1)NCC(C)Oc1cccc(C)c1.I. The third kappa shape index (κ3) is 7.33. The second-order valence-corrected chi connectivity index (χ2v) is 6.79. The molecule has 0 fully saturated rings. The zero-order chi connectivity index (χ0) is 20.5. The number of ether oxygens (including phenoxy) is 1. The molecule has 0 saturated carbocycles. The number of aryl methyl sites for hydroxylation is 1. The zero-order valence-electron chi connectivity index (χ0n) is 17.6. The van der Waals surface area contributed by atoms with Crippen molar-refractivity contribution in [1.29, 1.82) is 0 Å². The van der Waals surface area contributed by atoms with Crippen molar-refractivity contribution in [3.05, 3.63) is 72.2 Å². The number of hydrogen-bond donors (Lipinski definition) is 2. The molecule has 3 aromatic rings. The van der Waals surface area contributed by atoms with Crippen LogP contribution in [0, 0.1) is 6.92 Å². The molecule has 1 unspecified atom stereocenters. The standard InChI is InChI=1S/C22H28N6O.HI/c1-4-23-22(25-15-18(3)29-20-8-5-7-17(2)13-20)26-16-19-9-11-24-21(14-19)28-12-6-10-27-28;/h5-14,18H,4,15-16H2,1-3H3,(H2,23,25,26);1H. The summed E-state index contributed by atoms with van der Waals surface area (Å²) in [6.45, 7) is 8.12. The fourth-order valence-electron chi connectivity index (χ4n) is 2.80. The van der Waals surface area contributed by atoms with E-state index in [1.165, 1.54) is 5.56 Å². The van der Waals surface area contributed by atoms with E-state index in [1.54, 1.807) is 17.1 Å². The van der Waals surface area contributed by atoms with E-state index in [0.717, 1.165) is 29.6 Å². The first kappa shape index (κ1) is 23.7. The molecule has 2 heterocycles. The molecule has 30 heavy (non-hydrogen) atoms. The van der Waals surface area contributed by atoms with E-state index in [4.69, 9.17) is 4.74 Å². The van der Waals surface area contributed by atoms with Crippen molar-refractivity contribution in [3.63, 3.8) is 0 Å². The van der Waals surface area contributed by atoms with Crippen LogP contribution < -0.4 is 15.4 Å². The fourth-order valence-corrected chi connectivity index (χ4v) is 2.80. The maximum absolute atomic E-state index is 5.98. The number of aliphatic imine (C=N–C) groups is 1. The lowest BCUT2D eigenvalue weighted by Crippen LogP contribution is -2.41. The number of nitrogens with one attached hydrogen (secondary N) is 2. The Morgan fingerprint density at radius 2 is 2.03 bits per heavy atom. The summed E-state index contributed by atoms with van der Waals surface area (Å²) < 4.78 is 7.72. The molecule has 0 aliphatic carbocycles. The number of halogens is 1. The van der Waals surface area contributed by atoms with Crippen LogP contribution in [0.5, 0.6) is 5.75 Å². The average Bonchev–Trinajstić information content (AvgIpc) is 3.25. The van der Waals surface area contributed by atoms with Gasteiger partial charge < -0.3 is 15.4 Å². The Kier molecular flexibility index (Phi) is 9.59. The quantitative estimate of drug-likeness (QED) is 0.269. The fraction of sp³-hybridized carbons (Fsp3) is 0.318. The van der Waals surface area contributed by atoms with Crippen molar-refractivity contribution in [1.82, 2.24) is 25.4 Å². The van der Waals surface area contributed by atoms with Crippen LogP contribution in [0.4, 0.5) is 0 Å². The topological polar surface area (TPSA) is 76.4 Å². The van der Waals surface area contributed by atoms with Crippen molar-refractivity contribution < 1.29 is 4.74 Å². The summed E-state index contributed by atoms with van der Waals surface area (Å²) in [5.74, 6) is 2.41. The largest absolute Gasteiger partial charge is 0.489 e. The summed E-state index contributed by atoms with van der Waals surface area (Å²) in [6.07, 6.45) is 5.39. The summed E-state index contributed by atoms with van der Waals surface area (Å²) in [4.78, 5) is 9.04. The monoisotopic (exact) mass is 520 g/mol. The number of benzene rings is 1. The molecular weight excluding hydrogens is 491 g/mol. The minimum atomic E-state index is 0. The second-order valence-electron chi connectivity index (χ2n) is 6.79. The highest BCUT2D eigenvalue weighted by Crippen LogP contribution is 2.14. The third-order valence-electron chi connectivity index (χ3n) is 4.20. The van der Waals surface area contributed by atoms with Gasteiger partial charge in [-0.2, -0.15) is 5.10 Å². The molecule has 8 heteroatoms. The van der Waals surface area contributed by atoms with Crippen LogP contribution in [-0.4, -0.2) is 39.9 Å². The van der Waals surface area contributed by atoms with Gasteiger partial charge in [0.1, 0.15) is 11.9 Å². The highest BCUT2D eigenvalue weighted by Gasteiger charge is 2.06. The van der Waals surface area contributed by atoms with Gasteiger partial charge >= 0.3 is 0 Å². The minimum Gasteiger partial charge on any atom is -0.489 e. The molecule has 160 valence electrons. The number of nitrogens with zero attached hydrogens (tertiary/aromatic N) is 4. The van der Waals surface area contributed by atoms with Gasteiger partial charge in [0.25, 0.3) is 0 Å². The van der Waals surface area contributed by atoms with Crippen molar-refractivity contribution in [2.24, 2.45) is 4.99 Å². The third-order valence-corrected chi connectivity index (χ3v) is 4.20. The lowest BCUT2D eigenvalue weighted by Gasteiger charge is -2.18. The Morgan fingerprint density at radius 1 is 1.17 bits per heavy atom. The van der Waals surface area contributed by atoms with E-state index >= 15 is 0 Å². The van der Waals surface area contributed by atoms with Crippen LogP contribution in [0.1, 0.15) is 25.0 Å². The number of rotatable bonds is 8. The van der Waals surface area contributed by atoms with Crippen molar-refractivity contribution in [2.75, 3.05) is 13.1 Å². The van der Waals surface area contributed by atoms with Crippen molar-refractivity contribution in [3.8, 4) is 11.6 Å². The average molecular weight is 520 g/mol. The Morgan fingerprint density at radius 3 is 2.77 bits per heavy atom. The van der Waals surface area contributed by atoms with E-state index in [9.17, 15) is 0 Å². The lowest BCUT2D eigenvalue weighted by atomic mass is 10.2. The Bertz CT molecular complexity index is 929. The molecule has 0 aliphatic rings. The van der Waals surface area contributed by atoms with Crippen LogP contribution in [0.25, 0.3) is 5.82 Å². The molecule has 0 saturated heterocycles. The summed E-state index contributed by atoms with van der Waals surface area (Å²) in [5.41, 5.74) is 2.25. The highest BCUT2D eigenvalue weighted by molar-refractivity contribution is 14.0. The highest BCUT2D eigenvalue weighted by atomic mass is 127. The van der Waals surface area contributed by atoms with Gasteiger partial charge in [0.05, 0.1) is 13.1 Å². The molecule has 0 aliphatic heterocycles. The van der Waals surface area contributed by atoms with E-state index in [2.05, 4.69) is 38.7 Å². The predicted octanol–water partition coefficient (Wildman–Crippen LogP) is 3.72. The number of hydrogen-bond acceptors (Lipinski definition) is 4. The molecule has 3 rings (SSSR count). The van der Waals surface area contributed by atoms with E-state index in [0.29, 0.717) is 13.1 Å². The first-order valence-corrected chi connectivity index (χ1v) is 9.84. The summed E-state index contributed by atoms with van der Waals surface area (Å²) in [5, 5.41) is 10.8. The smallest absolute Gasteiger partial charge is 0.191 e. The number of aromatic nitrogens is 3. The molecule has 0 bridgehead atoms. The molecule has 2 aromatic heterocycles. The van der Waals surface area contributed by atoms with Gasteiger partial charge in [-0.1, -0.05) is 12.1 Å². The Labute approximate surface area is 195 Å². The molecule has 0 radical (unpaired) electrons. The Hall–Kier alpha value is -2.62. The van der Waals surface area contributed by atoms with Gasteiger partial charge in [-0.15, -0.1) is 24.0 Å². The Balaban J connectivity index is 0.00000320. The maximum atomic E-state index is 5.98. The second kappa shape index (κ2) is 12.2. The molecule has 1 atom stereocenters. The summed E-state index contributed by atoms with van der Waals surface area (Å²) in [7, 11) is 0. The van der Waals surface area contributed by atoms with Crippen LogP contribution in [-0.2, 0) is 6.54 Å². The lowest BCUT2D eigenvalue weighted by molar-refractivity contribution is 0.223. The van der Waals surface area contributed by atoms with E-state index in [-0.39, 0.29) is 30.1 Å². The number of guanidine groups is 1. The van der Waals surface area contributed by atoms with Crippen LogP contribution in [0.15, 0.2) is 66.0 Å². The van der Waals surface area contributed by atoms with Gasteiger partial charge in [-0.25, -0.2) is 14.7 Å². The molecular formula is C22H29IN6O. The summed E-state index contributed by atoms with van der Waals surface area (Å²) >= 11 is 0. The zero-order valence-corrected chi connectivity index (χ0v) is 19.9. The molecule has 7 nitrogen and oxygen atoms in total. The molecule has 2 N–H and O–H groups in total. The van der Waals surface area contributed by atoms with Gasteiger partial charge in [0.2, 0.25) is 0 Å². The van der Waals surface area contributed by atoms with Crippen molar-refractivity contribution in [2.45, 2.75) is 33.4 Å². The number of pyridine rings is 1. The minimum absolute atomic E-state index is 0. The van der Waals surface area contributed by atoms with Crippen LogP contribution in [0.3, 0.4) is 0 Å². The predicted molar refractivity (Wildman–Crippen MR) is 131 cm³/mol. The first-order chi connectivity index (χ1) is 14.1. The first-order valence-electron chi connectivity index (χ1n) is 9.84. The molecule has 1 aromatic carbocycles. The van der Waals surface area contributed by atoms with Crippen LogP contribution >= 0.6 is 24.0 Å². The summed E-state index contributed by atoms with van der Waals surface area (Å²) in [6, 6.07) is 13.9. The van der Waals surface area contributed by atoms with Crippen LogP contribution in [0.2, 0.25) is 0 Å². The normalized spacial score (nSPS) is 12.0.